The zero-order valence-electron chi connectivity index (χ0n) is 9.43. The van der Waals surface area contributed by atoms with Gasteiger partial charge in [0, 0.05) is 12.2 Å². The topological polar surface area (TPSA) is 63.7 Å². The van der Waals surface area contributed by atoms with Crippen LogP contribution in [0.2, 0.25) is 0 Å². The van der Waals surface area contributed by atoms with Gasteiger partial charge in [0.15, 0.2) is 0 Å². The summed E-state index contributed by atoms with van der Waals surface area (Å²) in [4.78, 5) is 34.4. The summed E-state index contributed by atoms with van der Waals surface area (Å²) in [5.41, 5.74) is 0. The van der Waals surface area contributed by atoms with Crippen molar-refractivity contribution >= 4 is 17.8 Å². The molecule has 0 radical (unpaired) electrons. The molecule has 5 nitrogen and oxygen atoms in total. The fraction of sp³-hybridized carbons (Fsp3) is 0.545. The molecule has 0 unspecified atom stereocenters. The molecule has 5 heteroatoms. The number of nitrogens with zero attached hydrogens (tertiary/aromatic N) is 1. The molecule has 0 saturated carbocycles. The Bertz CT molecular complexity index is 315. The Labute approximate surface area is 94.1 Å². The molecule has 0 aromatic rings. The zero-order valence-corrected chi connectivity index (χ0v) is 9.43. The summed E-state index contributed by atoms with van der Waals surface area (Å²) in [6, 6.07) is 0. The Morgan fingerprint density at radius 1 is 1.31 bits per heavy atom. The van der Waals surface area contributed by atoms with Gasteiger partial charge in [0.1, 0.15) is 6.54 Å². The van der Waals surface area contributed by atoms with E-state index in [1.807, 2.05) is 13.8 Å². The fourth-order valence-corrected chi connectivity index (χ4v) is 1.17. The van der Waals surface area contributed by atoms with E-state index in [4.69, 9.17) is 4.74 Å². The van der Waals surface area contributed by atoms with E-state index in [2.05, 4.69) is 0 Å². The van der Waals surface area contributed by atoms with Crippen LogP contribution in [-0.2, 0) is 19.1 Å². The number of imide groups is 1. The molecule has 0 saturated heterocycles. The number of ether oxygens (including phenoxy) is 1. The summed E-state index contributed by atoms with van der Waals surface area (Å²) in [5.74, 6) is -1.04. The van der Waals surface area contributed by atoms with Crippen LogP contribution in [0.3, 0.4) is 0 Å². The van der Waals surface area contributed by atoms with E-state index in [9.17, 15) is 14.4 Å². The van der Waals surface area contributed by atoms with Gasteiger partial charge in [0.2, 0.25) is 0 Å². The van der Waals surface area contributed by atoms with E-state index >= 15 is 0 Å². The molecule has 0 spiro atoms. The molecule has 0 fully saturated rings. The highest BCUT2D eigenvalue weighted by Crippen LogP contribution is 2.04. The van der Waals surface area contributed by atoms with Crippen LogP contribution in [0.5, 0.6) is 0 Å². The average Bonchev–Trinajstić information content (AvgIpc) is 2.49. The first kappa shape index (κ1) is 12.4. The molecule has 1 aliphatic rings. The van der Waals surface area contributed by atoms with E-state index in [1.165, 1.54) is 0 Å². The molecule has 0 aromatic heterocycles. The van der Waals surface area contributed by atoms with Gasteiger partial charge >= 0.3 is 5.97 Å². The lowest BCUT2D eigenvalue weighted by Crippen LogP contribution is -2.35. The molecule has 0 N–H and O–H groups in total. The molecule has 1 rings (SSSR count). The SMILES string of the molecule is CC(C)CCOC(=O)CN1C(=O)C=CC1=O. The number of amides is 2. The number of hydrogen-bond acceptors (Lipinski definition) is 4. The van der Waals surface area contributed by atoms with E-state index in [0.717, 1.165) is 23.5 Å². The molecule has 1 aliphatic heterocycles. The van der Waals surface area contributed by atoms with Gasteiger partial charge in [-0.2, -0.15) is 0 Å². The van der Waals surface area contributed by atoms with Crippen LogP contribution >= 0.6 is 0 Å². The van der Waals surface area contributed by atoms with Crippen molar-refractivity contribution in [3.63, 3.8) is 0 Å². The van der Waals surface area contributed by atoms with Crippen molar-refractivity contribution in [1.82, 2.24) is 4.90 Å². The van der Waals surface area contributed by atoms with E-state index < -0.39 is 17.8 Å². The van der Waals surface area contributed by atoms with Gasteiger partial charge in [-0.1, -0.05) is 13.8 Å². The molecule has 0 bridgehead atoms. The Kier molecular flexibility index (Phi) is 4.22. The van der Waals surface area contributed by atoms with Crippen molar-refractivity contribution in [2.45, 2.75) is 20.3 Å². The molecule has 16 heavy (non-hydrogen) atoms. The molecular weight excluding hydrogens is 210 g/mol. The van der Waals surface area contributed by atoms with Crippen molar-refractivity contribution in [1.29, 1.82) is 0 Å². The second-order valence-corrected chi connectivity index (χ2v) is 4.00. The molecule has 1 heterocycles. The van der Waals surface area contributed by atoms with Gasteiger partial charge < -0.3 is 4.74 Å². The molecule has 0 aromatic carbocycles. The van der Waals surface area contributed by atoms with Crippen LogP contribution in [0, 0.1) is 5.92 Å². The van der Waals surface area contributed by atoms with Crippen molar-refractivity contribution in [3.05, 3.63) is 12.2 Å². The number of esters is 1. The van der Waals surface area contributed by atoms with Crippen LogP contribution in [0.4, 0.5) is 0 Å². The van der Waals surface area contributed by atoms with Crippen LogP contribution in [-0.4, -0.2) is 35.8 Å². The Morgan fingerprint density at radius 3 is 2.38 bits per heavy atom. The second-order valence-electron chi connectivity index (χ2n) is 4.00. The fourth-order valence-electron chi connectivity index (χ4n) is 1.17. The van der Waals surface area contributed by atoms with Crippen LogP contribution in [0.15, 0.2) is 12.2 Å². The highest BCUT2D eigenvalue weighted by Gasteiger charge is 2.26. The first-order valence-corrected chi connectivity index (χ1v) is 5.20. The van der Waals surface area contributed by atoms with Crippen LogP contribution in [0.25, 0.3) is 0 Å². The third kappa shape index (κ3) is 3.49. The standard InChI is InChI=1S/C11H15NO4/c1-8(2)5-6-16-11(15)7-12-9(13)3-4-10(12)14/h3-4,8H,5-7H2,1-2H3. The van der Waals surface area contributed by atoms with Crippen molar-refractivity contribution < 1.29 is 19.1 Å². The van der Waals surface area contributed by atoms with E-state index in [1.54, 1.807) is 0 Å². The summed E-state index contributed by atoms with van der Waals surface area (Å²) in [5, 5.41) is 0. The highest BCUT2D eigenvalue weighted by molar-refractivity contribution is 6.14. The molecule has 0 atom stereocenters. The van der Waals surface area contributed by atoms with Gasteiger partial charge in [-0.05, 0) is 12.3 Å². The Hall–Kier alpha value is -1.65. The normalized spacial score (nSPS) is 15.1. The van der Waals surface area contributed by atoms with Crippen molar-refractivity contribution in [2.24, 2.45) is 5.92 Å². The minimum atomic E-state index is -0.550. The number of carbonyl (C=O) groups is 3. The van der Waals surface area contributed by atoms with Gasteiger partial charge in [-0.15, -0.1) is 0 Å². The number of hydrogen-bond donors (Lipinski definition) is 0. The summed E-state index contributed by atoms with van der Waals surface area (Å²) < 4.78 is 4.90. The maximum absolute atomic E-state index is 11.3. The maximum atomic E-state index is 11.3. The minimum absolute atomic E-state index is 0.303. The monoisotopic (exact) mass is 225 g/mol. The van der Waals surface area contributed by atoms with Gasteiger partial charge in [-0.25, -0.2) is 0 Å². The lowest BCUT2D eigenvalue weighted by atomic mass is 10.1. The smallest absolute Gasteiger partial charge is 0.326 e. The van der Waals surface area contributed by atoms with E-state index in [-0.39, 0.29) is 6.54 Å². The first-order valence-electron chi connectivity index (χ1n) is 5.20. The third-order valence-corrected chi connectivity index (χ3v) is 2.15. The third-order valence-electron chi connectivity index (χ3n) is 2.15. The minimum Gasteiger partial charge on any atom is -0.464 e. The molecule has 2 amide bonds. The second kappa shape index (κ2) is 5.44. The predicted molar refractivity (Wildman–Crippen MR) is 56.3 cm³/mol. The van der Waals surface area contributed by atoms with Crippen LogP contribution < -0.4 is 0 Å². The molecule has 0 aliphatic carbocycles. The lowest BCUT2D eigenvalue weighted by molar-refractivity contribution is -0.151. The van der Waals surface area contributed by atoms with Gasteiger partial charge in [0.25, 0.3) is 11.8 Å². The predicted octanol–water partition coefficient (Wildman–Crippen LogP) is 0.501. The summed E-state index contributed by atoms with van der Waals surface area (Å²) in [6.07, 6.45) is 3.05. The van der Waals surface area contributed by atoms with E-state index in [0.29, 0.717) is 12.5 Å². The average molecular weight is 225 g/mol. The Balaban J connectivity index is 2.29. The lowest BCUT2D eigenvalue weighted by Gasteiger charge is -2.13. The zero-order chi connectivity index (χ0) is 12.1. The molecular formula is C11H15NO4. The van der Waals surface area contributed by atoms with Crippen molar-refractivity contribution in [3.8, 4) is 0 Å². The Morgan fingerprint density at radius 2 is 1.88 bits per heavy atom. The summed E-state index contributed by atoms with van der Waals surface area (Å²) in [6.45, 7) is 4.06. The highest BCUT2D eigenvalue weighted by atomic mass is 16.5. The summed E-state index contributed by atoms with van der Waals surface area (Å²) >= 11 is 0. The van der Waals surface area contributed by atoms with Gasteiger partial charge in [0.05, 0.1) is 6.61 Å². The number of carbonyl (C=O) groups excluding carboxylic acids is 3. The summed E-state index contributed by atoms with van der Waals surface area (Å²) in [7, 11) is 0. The van der Waals surface area contributed by atoms with Crippen molar-refractivity contribution in [2.75, 3.05) is 13.2 Å². The largest absolute Gasteiger partial charge is 0.464 e. The van der Waals surface area contributed by atoms with Gasteiger partial charge in [-0.3, -0.25) is 19.3 Å². The van der Waals surface area contributed by atoms with Crippen LogP contribution in [0.1, 0.15) is 20.3 Å². The first-order chi connectivity index (χ1) is 7.50. The quantitative estimate of drug-likeness (QED) is 0.505. The molecule has 88 valence electrons. The maximum Gasteiger partial charge on any atom is 0.326 e. The number of rotatable bonds is 5.